The van der Waals surface area contributed by atoms with Gasteiger partial charge in [-0.05, 0) is 36.4 Å². The van der Waals surface area contributed by atoms with E-state index in [1.807, 2.05) is 18.2 Å². The topological polar surface area (TPSA) is 59.6 Å². The summed E-state index contributed by atoms with van der Waals surface area (Å²) in [7, 11) is 3.14. The highest BCUT2D eigenvalue weighted by Crippen LogP contribution is 2.28. The molecule has 0 spiro atoms. The van der Waals surface area contributed by atoms with Crippen molar-refractivity contribution in [2.45, 2.75) is 11.3 Å². The predicted octanol–water partition coefficient (Wildman–Crippen LogP) is 4.01. The number of urea groups is 1. The Hall–Kier alpha value is -2.34. The molecule has 0 aliphatic carbocycles. The van der Waals surface area contributed by atoms with Gasteiger partial charge >= 0.3 is 6.03 Å². The first-order valence-corrected chi connectivity index (χ1v) is 8.66. The molecule has 0 fully saturated rings. The number of ether oxygens (including phenoxy) is 2. The minimum Gasteiger partial charge on any atom is -0.497 e. The van der Waals surface area contributed by atoms with Crippen LogP contribution in [0.4, 0.5) is 10.5 Å². The molecule has 128 valence electrons. The van der Waals surface area contributed by atoms with Crippen molar-refractivity contribution in [3.63, 3.8) is 0 Å². The smallest absolute Gasteiger partial charge is 0.319 e. The van der Waals surface area contributed by atoms with Crippen molar-refractivity contribution < 1.29 is 14.3 Å². The van der Waals surface area contributed by atoms with Crippen molar-refractivity contribution >= 4 is 23.5 Å². The summed E-state index contributed by atoms with van der Waals surface area (Å²) < 4.78 is 10.4. The van der Waals surface area contributed by atoms with Gasteiger partial charge in [-0.2, -0.15) is 0 Å². The van der Waals surface area contributed by atoms with E-state index in [9.17, 15) is 4.79 Å². The van der Waals surface area contributed by atoms with Crippen LogP contribution in [0.1, 0.15) is 6.42 Å². The lowest BCUT2D eigenvalue weighted by Crippen LogP contribution is -2.29. The normalized spacial score (nSPS) is 10.1. The van der Waals surface area contributed by atoms with Gasteiger partial charge < -0.3 is 20.1 Å². The van der Waals surface area contributed by atoms with Crippen molar-refractivity contribution in [3.8, 4) is 11.5 Å². The summed E-state index contributed by atoms with van der Waals surface area (Å²) in [5.41, 5.74) is 0.606. The Kier molecular flexibility index (Phi) is 7.29. The van der Waals surface area contributed by atoms with Crippen LogP contribution in [0.3, 0.4) is 0 Å². The summed E-state index contributed by atoms with van der Waals surface area (Å²) in [6.07, 6.45) is 0.896. The summed E-state index contributed by atoms with van der Waals surface area (Å²) in [6, 6.07) is 15.2. The zero-order valence-corrected chi connectivity index (χ0v) is 14.7. The van der Waals surface area contributed by atoms with Crippen LogP contribution in [0.2, 0.25) is 0 Å². The molecule has 0 aliphatic heterocycles. The number of thioether (sulfide) groups is 1. The lowest BCUT2D eigenvalue weighted by molar-refractivity contribution is 0.252. The molecule has 2 amide bonds. The van der Waals surface area contributed by atoms with Gasteiger partial charge in [0, 0.05) is 17.5 Å². The summed E-state index contributed by atoms with van der Waals surface area (Å²) >= 11 is 1.78. The van der Waals surface area contributed by atoms with Crippen LogP contribution in [0.15, 0.2) is 53.4 Å². The number of anilines is 1. The molecule has 0 saturated heterocycles. The summed E-state index contributed by atoms with van der Waals surface area (Å²) in [4.78, 5) is 13.2. The average Bonchev–Trinajstić information content (AvgIpc) is 2.62. The fraction of sp³-hybridized carbons (Fsp3) is 0.278. The maximum atomic E-state index is 12.0. The number of nitrogens with one attached hydrogen (secondary N) is 2. The van der Waals surface area contributed by atoms with Crippen LogP contribution < -0.4 is 20.1 Å². The van der Waals surface area contributed by atoms with E-state index in [-0.39, 0.29) is 6.03 Å². The molecular weight excluding hydrogens is 324 g/mol. The Morgan fingerprint density at radius 2 is 1.88 bits per heavy atom. The molecule has 0 saturated carbocycles. The van der Waals surface area contributed by atoms with Gasteiger partial charge in [0.05, 0.1) is 19.9 Å². The second-order valence-corrected chi connectivity index (χ2v) is 6.13. The second-order valence-electron chi connectivity index (χ2n) is 4.96. The molecule has 5 nitrogen and oxygen atoms in total. The molecule has 2 aromatic rings. The van der Waals surface area contributed by atoms with Gasteiger partial charge in [-0.25, -0.2) is 4.79 Å². The predicted molar refractivity (Wildman–Crippen MR) is 98.4 cm³/mol. The van der Waals surface area contributed by atoms with Gasteiger partial charge in [0.25, 0.3) is 0 Å². The third-order valence-corrected chi connectivity index (χ3v) is 4.37. The zero-order chi connectivity index (χ0) is 17.2. The standard InChI is InChI=1S/C18H22N2O3S/c1-22-14-9-10-16(17(13-14)23-2)20-18(21)19-11-6-12-24-15-7-4-3-5-8-15/h3-5,7-10,13H,6,11-12H2,1-2H3,(H2,19,20,21). The van der Waals surface area contributed by atoms with Crippen LogP contribution in [-0.4, -0.2) is 32.5 Å². The monoisotopic (exact) mass is 346 g/mol. The molecule has 24 heavy (non-hydrogen) atoms. The number of rotatable bonds is 8. The van der Waals surface area contributed by atoms with Crippen molar-refractivity contribution in [1.82, 2.24) is 5.32 Å². The van der Waals surface area contributed by atoms with Gasteiger partial charge in [0.2, 0.25) is 0 Å². The third-order valence-electron chi connectivity index (χ3n) is 3.28. The van der Waals surface area contributed by atoms with E-state index in [4.69, 9.17) is 9.47 Å². The third kappa shape index (κ3) is 5.70. The fourth-order valence-electron chi connectivity index (χ4n) is 2.05. The van der Waals surface area contributed by atoms with Crippen LogP contribution in [0.5, 0.6) is 11.5 Å². The highest BCUT2D eigenvalue weighted by molar-refractivity contribution is 7.99. The molecular formula is C18H22N2O3S. The number of methoxy groups -OCH3 is 2. The Bertz CT molecular complexity index is 650. The lowest BCUT2D eigenvalue weighted by atomic mass is 10.2. The lowest BCUT2D eigenvalue weighted by Gasteiger charge is -2.12. The molecule has 2 rings (SSSR count). The first-order valence-electron chi connectivity index (χ1n) is 7.67. The number of benzene rings is 2. The fourth-order valence-corrected chi connectivity index (χ4v) is 2.92. The Labute approximate surface area is 146 Å². The molecule has 0 aromatic heterocycles. The Morgan fingerprint density at radius 1 is 1.08 bits per heavy atom. The molecule has 0 unspecified atom stereocenters. The van der Waals surface area contributed by atoms with E-state index in [0.29, 0.717) is 23.7 Å². The quantitative estimate of drug-likeness (QED) is 0.560. The molecule has 2 aromatic carbocycles. The minimum atomic E-state index is -0.247. The van der Waals surface area contributed by atoms with E-state index >= 15 is 0 Å². The van der Waals surface area contributed by atoms with E-state index in [0.717, 1.165) is 12.2 Å². The number of hydrogen-bond acceptors (Lipinski definition) is 4. The second kappa shape index (κ2) is 9.72. The average molecular weight is 346 g/mol. The highest BCUT2D eigenvalue weighted by atomic mass is 32.2. The highest BCUT2D eigenvalue weighted by Gasteiger charge is 2.08. The minimum absolute atomic E-state index is 0.247. The zero-order valence-electron chi connectivity index (χ0n) is 13.9. The molecule has 0 aliphatic rings. The summed E-state index contributed by atoms with van der Waals surface area (Å²) in [5.74, 6) is 2.19. The number of carbonyl (C=O) groups excluding carboxylic acids is 1. The first-order chi connectivity index (χ1) is 11.7. The van der Waals surface area contributed by atoms with Crippen LogP contribution in [0.25, 0.3) is 0 Å². The molecule has 0 atom stereocenters. The van der Waals surface area contributed by atoms with Gasteiger partial charge in [0.1, 0.15) is 11.5 Å². The Balaban J connectivity index is 1.71. The van der Waals surface area contributed by atoms with Crippen molar-refractivity contribution in [1.29, 1.82) is 0 Å². The molecule has 0 heterocycles. The van der Waals surface area contributed by atoms with Crippen molar-refractivity contribution in [2.75, 3.05) is 31.8 Å². The van der Waals surface area contributed by atoms with E-state index < -0.39 is 0 Å². The molecule has 0 radical (unpaired) electrons. The molecule has 0 bridgehead atoms. The summed E-state index contributed by atoms with van der Waals surface area (Å²) in [5, 5.41) is 5.63. The van der Waals surface area contributed by atoms with Gasteiger partial charge in [-0.3, -0.25) is 0 Å². The maximum Gasteiger partial charge on any atom is 0.319 e. The van der Waals surface area contributed by atoms with Gasteiger partial charge in [0.15, 0.2) is 0 Å². The van der Waals surface area contributed by atoms with Gasteiger partial charge in [-0.1, -0.05) is 18.2 Å². The van der Waals surface area contributed by atoms with E-state index in [2.05, 4.69) is 22.8 Å². The Morgan fingerprint density at radius 3 is 2.58 bits per heavy atom. The van der Waals surface area contributed by atoms with E-state index in [1.54, 1.807) is 44.2 Å². The maximum absolute atomic E-state index is 12.0. The van der Waals surface area contributed by atoms with Gasteiger partial charge in [-0.15, -0.1) is 11.8 Å². The van der Waals surface area contributed by atoms with Crippen LogP contribution in [-0.2, 0) is 0 Å². The summed E-state index contributed by atoms with van der Waals surface area (Å²) in [6.45, 7) is 0.615. The SMILES string of the molecule is COc1ccc(NC(=O)NCCCSc2ccccc2)c(OC)c1. The molecule has 6 heteroatoms. The molecule has 2 N–H and O–H groups in total. The van der Waals surface area contributed by atoms with Crippen LogP contribution >= 0.6 is 11.8 Å². The van der Waals surface area contributed by atoms with E-state index in [1.165, 1.54) is 4.90 Å². The number of carbonyl (C=O) groups is 1. The number of hydrogen-bond donors (Lipinski definition) is 2. The largest absolute Gasteiger partial charge is 0.497 e. The van der Waals surface area contributed by atoms with Crippen molar-refractivity contribution in [3.05, 3.63) is 48.5 Å². The van der Waals surface area contributed by atoms with Crippen molar-refractivity contribution in [2.24, 2.45) is 0 Å². The number of amides is 2. The van der Waals surface area contributed by atoms with Crippen LogP contribution in [0, 0.1) is 0 Å². The first kappa shape index (κ1) is 18.0.